The number of hydrogen-bond acceptors (Lipinski definition) is 5. The Morgan fingerprint density at radius 1 is 1.18 bits per heavy atom. The van der Waals surface area contributed by atoms with E-state index in [1.807, 2.05) is 44.0 Å². The second-order valence-corrected chi connectivity index (χ2v) is 5.50. The maximum Gasteiger partial charge on any atom is 0.245 e. The van der Waals surface area contributed by atoms with E-state index in [-0.39, 0.29) is 24.6 Å². The van der Waals surface area contributed by atoms with Crippen molar-refractivity contribution in [2.45, 2.75) is 13.8 Å². The summed E-state index contributed by atoms with van der Waals surface area (Å²) in [5.74, 6) is 2.62. The summed E-state index contributed by atoms with van der Waals surface area (Å²) in [7, 11) is 1.91. The Morgan fingerprint density at radius 3 is 2.68 bits per heavy atom. The summed E-state index contributed by atoms with van der Waals surface area (Å²) in [5.41, 5.74) is 6.83. The zero-order valence-electron chi connectivity index (χ0n) is 12.8. The van der Waals surface area contributed by atoms with E-state index in [1.165, 1.54) is 0 Å². The molecule has 0 saturated heterocycles. The third-order valence-electron chi connectivity index (χ3n) is 4.17. The molecular formula is C15H19N5O2. The van der Waals surface area contributed by atoms with Crippen LogP contribution in [0.25, 0.3) is 0 Å². The highest BCUT2D eigenvalue weighted by Gasteiger charge is 2.28. The first-order valence-electron chi connectivity index (χ1n) is 7.12. The molecule has 2 aliphatic heterocycles. The van der Waals surface area contributed by atoms with Gasteiger partial charge in [0.1, 0.15) is 11.7 Å². The Labute approximate surface area is 129 Å². The molecular weight excluding hydrogens is 282 g/mol. The number of fused-ring (bicyclic) bond motifs is 1. The molecule has 2 atom stereocenters. The fraction of sp³-hybridized carbons (Fsp3) is 0.400. The molecule has 2 heterocycles. The summed E-state index contributed by atoms with van der Waals surface area (Å²) in [6, 6.07) is 5.71. The van der Waals surface area contributed by atoms with Gasteiger partial charge >= 0.3 is 0 Å². The largest absolute Gasteiger partial charge is 0.454 e. The van der Waals surface area contributed by atoms with E-state index in [0.29, 0.717) is 11.6 Å². The minimum absolute atomic E-state index is 0.0121. The van der Waals surface area contributed by atoms with Crippen molar-refractivity contribution in [1.29, 1.82) is 5.41 Å². The number of amidine groups is 2. The normalized spacial score (nSPS) is 23.7. The van der Waals surface area contributed by atoms with Crippen molar-refractivity contribution in [2.24, 2.45) is 27.6 Å². The van der Waals surface area contributed by atoms with Gasteiger partial charge in [0.15, 0.2) is 11.5 Å². The van der Waals surface area contributed by atoms with Crippen molar-refractivity contribution in [2.75, 3.05) is 18.7 Å². The van der Waals surface area contributed by atoms with Crippen molar-refractivity contribution < 1.29 is 9.47 Å². The van der Waals surface area contributed by atoms with Gasteiger partial charge in [-0.25, -0.2) is 0 Å². The third kappa shape index (κ3) is 2.38. The quantitative estimate of drug-likeness (QED) is 0.827. The van der Waals surface area contributed by atoms with Crippen LogP contribution in [0.15, 0.2) is 28.2 Å². The molecule has 7 heteroatoms. The van der Waals surface area contributed by atoms with Gasteiger partial charge in [-0.2, -0.15) is 9.98 Å². The third-order valence-corrected chi connectivity index (χ3v) is 4.17. The molecule has 2 unspecified atom stereocenters. The standard InChI is InChI=1S/C15H19N5O2/c1-8-9(2)14(19-15(17)18-13(8)16)20(3)10-4-5-11-12(6-10)22-7-21-11/h4-6,8-9H,7H2,1-3H3,(H3,16,17,18). The lowest BCUT2D eigenvalue weighted by Gasteiger charge is -2.27. The molecule has 22 heavy (non-hydrogen) atoms. The molecule has 1 aromatic carbocycles. The molecule has 0 saturated carbocycles. The van der Waals surface area contributed by atoms with Gasteiger partial charge in [-0.3, -0.25) is 5.41 Å². The molecule has 0 bridgehead atoms. The minimum Gasteiger partial charge on any atom is -0.454 e. The number of ether oxygens (including phenoxy) is 2. The molecule has 0 amide bonds. The van der Waals surface area contributed by atoms with Crippen LogP contribution in [-0.4, -0.2) is 31.5 Å². The summed E-state index contributed by atoms with van der Waals surface area (Å²) in [5, 5.41) is 7.82. The Balaban J connectivity index is 1.94. The van der Waals surface area contributed by atoms with Crippen LogP contribution in [0.1, 0.15) is 13.8 Å². The Bertz CT molecular complexity index is 683. The monoisotopic (exact) mass is 301 g/mol. The number of rotatable bonds is 1. The fourth-order valence-corrected chi connectivity index (χ4v) is 2.55. The van der Waals surface area contributed by atoms with Crippen LogP contribution in [0, 0.1) is 17.2 Å². The van der Waals surface area contributed by atoms with E-state index in [4.69, 9.17) is 20.6 Å². The molecule has 0 aliphatic carbocycles. The molecule has 0 spiro atoms. The van der Waals surface area contributed by atoms with Crippen LogP contribution in [0.2, 0.25) is 0 Å². The van der Waals surface area contributed by atoms with Gasteiger partial charge in [0.05, 0.1) is 0 Å². The van der Waals surface area contributed by atoms with Gasteiger partial charge in [0, 0.05) is 30.6 Å². The van der Waals surface area contributed by atoms with Crippen LogP contribution in [0.4, 0.5) is 5.69 Å². The number of anilines is 1. The number of hydrogen-bond donors (Lipinski definition) is 2. The fourth-order valence-electron chi connectivity index (χ4n) is 2.55. The molecule has 3 rings (SSSR count). The molecule has 116 valence electrons. The number of aliphatic imine (C=N–C) groups is 2. The highest BCUT2D eigenvalue weighted by molar-refractivity contribution is 6.11. The maximum atomic E-state index is 7.82. The second kappa shape index (κ2) is 5.32. The van der Waals surface area contributed by atoms with E-state index in [2.05, 4.69) is 9.98 Å². The zero-order valence-corrected chi connectivity index (χ0v) is 12.8. The number of benzene rings is 1. The van der Waals surface area contributed by atoms with Gasteiger partial charge in [-0.15, -0.1) is 0 Å². The lowest BCUT2D eigenvalue weighted by atomic mass is 9.93. The van der Waals surface area contributed by atoms with Crippen LogP contribution in [-0.2, 0) is 0 Å². The molecule has 0 radical (unpaired) electrons. The van der Waals surface area contributed by atoms with E-state index in [9.17, 15) is 0 Å². The summed E-state index contributed by atoms with van der Waals surface area (Å²) < 4.78 is 10.7. The number of nitrogens with zero attached hydrogens (tertiary/aromatic N) is 3. The minimum atomic E-state index is -0.0729. The van der Waals surface area contributed by atoms with Gasteiger partial charge in [-0.1, -0.05) is 13.8 Å². The van der Waals surface area contributed by atoms with E-state index < -0.39 is 0 Å². The Kier molecular flexibility index (Phi) is 3.48. The number of nitrogens with two attached hydrogens (primary N) is 1. The van der Waals surface area contributed by atoms with Gasteiger partial charge in [0.2, 0.25) is 12.8 Å². The average Bonchev–Trinajstić information content (AvgIpc) is 2.94. The van der Waals surface area contributed by atoms with Gasteiger partial charge in [0.25, 0.3) is 0 Å². The van der Waals surface area contributed by atoms with Crippen LogP contribution >= 0.6 is 0 Å². The molecule has 0 fully saturated rings. The highest BCUT2D eigenvalue weighted by atomic mass is 16.7. The topological polar surface area (TPSA) is 96.3 Å². The van der Waals surface area contributed by atoms with Crippen molar-refractivity contribution >= 4 is 23.3 Å². The van der Waals surface area contributed by atoms with Crippen LogP contribution in [0.5, 0.6) is 11.5 Å². The second-order valence-electron chi connectivity index (χ2n) is 5.50. The summed E-state index contributed by atoms with van der Waals surface area (Å²) >= 11 is 0. The predicted molar refractivity (Wildman–Crippen MR) is 86.1 cm³/mol. The average molecular weight is 301 g/mol. The Morgan fingerprint density at radius 2 is 1.91 bits per heavy atom. The summed E-state index contributed by atoms with van der Waals surface area (Å²) in [4.78, 5) is 10.3. The first-order valence-corrected chi connectivity index (χ1v) is 7.12. The lowest BCUT2D eigenvalue weighted by molar-refractivity contribution is 0.174. The lowest BCUT2D eigenvalue weighted by Crippen LogP contribution is -2.38. The van der Waals surface area contributed by atoms with E-state index in [1.54, 1.807) is 0 Å². The maximum absolute atomic E-state index is 7.82. The van der Waals surface area contributed by atoms with E-state index >= 15 is 0 Å². The Hall–Kier alpha value is -2.57. The molecule has 0 aromatic heterocycles. The first kappa shape index (κ1) is 14.4. The summed E-state index contributed by atoms with van der Waals surface area (Å²) in [6.45, 7) is 4.27. The SMILES string of the molecule is CC1C(N)=NC(=N)N=C(N(C)c2ccc3c(c2)OCO3)C1C. The number of guanidine groups is 1. The zero-order chi connectivity index (χ0) is 15.9. The van der Waals surface area contributed by atoms with Crippen molar-refractivity contribution in [3.63, 3.8) is 0 Å². The smallest absolute Gasteiger partial charge is 0.245 e. The van der Waals surface area contributed by atoms with Crippen molar-refractivity contribution in [3.05, 3.63) is 18.2 Å². The van der Waals surface area contributed by atoms with Gasteiger partial charge < -0.3 is 20.1 Å². The van der Waals surface area contributed by atoms with E-state index in [0.717, 1.165) is 17.3 Å². The molecule has 2 aliphatic rings. The molecule has 3 N–H and O–H groups in total. The summed E-state index contributed by atoms with van der Waals surface area (Å²) in [6.07, 6.45) is 0. The van der Waals surface area contributed by atoms with Crippen LogP contribution in [0.3, 0.4) is 0 Å². The molecule has 1 aromatic rings. The highest BCUT2D eigenvalue weighted by Crippen LogP contribution is 2.36. The van der Waals surface area contributed by atoms with Gasteiger partial charge in [-0.05, 0) is 12.1 Å². The molecule has 7 nitrogen and oxygen atoms in total. The van der Waals surface area contributed by atoms with Crippen molar-refractivity contribution in [1.82, 2.24) is 0 Å². The van der Waals surface area contributed by atoms with Crippen molar-refractivity contribution in [3.8, 4) is 11.5 Å². The predicted octanol–water partition coefficient (Wildman–Crippen LogP) is 1.83. The van der Waals surface area contributed by atoms with Crippen LogP contribution < -0.4 is 20.1 Å². The number of nitrogens with one attached hydrogen (secondary N) is 1. The first-order chi connectivity index (χ1) is 10.5.